The molecule has 6 rings (SSSR count). The molecule has 1 heterocycles. The van der Waals surface area contributed by atoms with Crippen LogP contribution in [0.15, 0.2) is 102 Å². The maximum atomic E-state index is 13.5. The first-order chi connectivity index (χ1) is 16.6. The van der Waals surface area contributed by atoms with Crippen LogP contribution in [-0.4, -0.2) is 10.4 Å². The lowest BCUT2D eigenvalue weighted by molar-refractivity contribution is 0.104. The average molecular weight is 444 g/mol. The van der Waals surface area contributed by atoms with Gasteiger partial charge in [0.1, 0.15) is 17.2 Å². The lowest BCUT2D eigenvalue weighted by Gasteiger charge is -2.24. The molecule has 164 valence electrons. The van der Waals surface area contributed by atoms with Crippen LogP contribution in [0.5, 0.6) is 11.5 Å². The van der Waals surface area contributed by atoms with E-state index in [1.165, 1.54) is 0 Å². The number of carbonyl (C=O) groups is 1. The largest absolute Gasteiger partial charge is 0.457 e. The van der Waals surface area contributed by atoms with Crippen molar-refractivity contribution in [1.29, 1.82) is 0 Å². The fourth-order valence-corrected chi connectivity index (χ4v) is 4.59. The molecular formula is C29H20N2O3. The summed E-state index contributed by atoms with van der Waals surface area (Å²) in [4.78, 5) is 26.7. The minimum absolute atomic E-state index is 0.0271. The van der Waals surface area contributed by atoms with Gasteiger partial charge in [0, 0.05) is 34.8 Å². The third kappa shape index (κ3) is 3.10. The van der Waals surface area contributed by atoms with Gasteiger partial charge in [-0.05, 0) is 48.0 Å². The number of aryl methyl sites for hydroxylation is 1. The van der Waals surface area contributed by atoms with Crippen LogP contribution in [0.25, 0.3) is 22.0 Å². The topological polar surface area (TPSA) is 60.3 Å². The van der Waals surface area contributed by atoms with Crippen molar-refractivity contribution >= 4 is 28.1 Å². The van der Waals surface area contributed by atoms with Crippen LogP contribution in [0, 0.1) is 0 Å². The average Bonchev–Trinajstić information content (AvgIpc) is 2.88. The Kier molecular flexibility index (Phi) is 4.56. The van der Waals surface area contributed by atoms with Crippen LogP contribution in [0.2, 0.25) is 0 Å². The number of pyridine rings is 1. The van der Waals surface area contributed by atoms with Gasteiger partial charge in [0.25, 0.3) is 5.56 Å². The summed E-state index contributed by atoms with van der Waals surface area (Å²) in [5.74, 6) is 1.42. The minimum atomic E-state index is -0.159. The zero-order valence-corrected chi connectivity index (χ0v) is 18.4. The predicted molar refractivity (Wildman–Crippen MR) is 134 cm³/mol. The summed E-state index contributed by atoms with van der Waals surface area (Å²) in [5, 5.41) is 4.12. The Morgan fingerprint density at radius 1 is 0.676 bits per heavy atom. The molecule has 0 bridgehead atoms. The van der Waals surface area contributed by atoms with Crippen molar-refractivity contribution in [2.45, 2.75) is 0 Å². The van der Waals surface area contributed by atoms with E-state index in [2.05, 4.69) is 5.32 Å². The lowest BCUT2D eigenvalue weighted by Crippen LogP contribution is -2.24. The molecule has 5 nitrogen and oxygen atoms in total. The number of hydrogen-bond donors (Lipinski definition) is 1. The first-order valence-corrected chi connectivity index (χ1v) is 11.0. The van der Waals surface area contributed by atoms with E-state index in [9.17, 15) is 9.59 Å². The predicted octanol–water partition coefficient (Wildman–Crippen LogP) is 6.29. The Morgan fingerprint density at radius 2 is 1.32 bits per heavy atom. The number of rotatable bonds is 4. The van der Waals surface area contributed by atoms with Crippen molar-refractivity contribution in [2.24, 2.45) is 7.05 Å². The molecule has 1 aliphatic carbocycles. The number of benzene rings is 4. The molecule has 4 aromatic carbocycles. The minimum Gasteiger partial charge on any atom is -0.457 e. The van der Waals surface area contributed by atoms with Gasteiger partial charge >= 0.3 is 0 Å². The van der Waals surface area contributed by atoms with Crippen LogP contribution < -0.4 is 15.6 Å². The lowest BCUT2D eigenvalue weighted by atomic mass is 9.83. The molecule has 1 aliphatic rings. The number of fused-ring (bicyclic) bond motifs is 2. The van der Waals surface area contributed by atoms with Gasteiger partial charge in [-0.3, -0.25) is 9.59 Å². The summed E-state index contributed by atoms with van der Waals surface area (Å²) in [5.41, 5.74) is 4.50. The Hall–Kier alpha value is -4.64. The summed E-state index contributed by atoms with van der Waals surface area (Å²) in [6.07, 6.45) is 0. The summed E-state index contributed by atoms with van der Waals surface area (Å²) in [6, 6.07) is 30.0. The molecule has 5 heteroatoms. The highest BCUT2D eigenvalue weighted by atomic mass is 16.5. The number of nitrogens with one attached hydrogen (secondary N) is 1. The molecule has 0 spiro atoms. The maximum Gasteiger partial charge on any atom is 0.275 e. The molecule has 0 atom stereocenters. The zero-order chi connectivity index (χ0) is 23.2. The number of hydrogen-bond acceptors (Lipinski definition) is 4. The number of aromatic nitrogens is 1. The molecule has 0 aliphatic heterocycles. The monoisotopic (exact) mass is 444 g/mol. The second-order valence-electron chi connectivity index (χ2n) is 8.25. The van der Waals surface area contributed by atoms with Crippen LogP contribution in [-0.2, 0) is 7.05 Å². The van der Waals surface area contributed by atoms with Crippen molar-refractivity contribution in [2.75, 3.05) is 5.32 Å². The molecule has 0 saturated heterocycles. The smallest absolute Gasteiger partial charge is 0.275 e. The van der Waals surface area contributed by atoms with Crippen molar-refractivity contribution in [3.05, 3.63) is 119 Å². The number of nitrogens with zero attached hydrogens (tertiary/aromatic N) is 1. The fraction of sp³-hybridized carbons (Fsp3) is 0.0345. The Morgan fingerprint density at radius 3 is 2.09 bits per heavy atom. The van der Waals surface area contributed by atoms with E-state index in [1.807, 2.05) is 97.1 Å². The highest BCUT2D eigenvalue weighted by Gasteiger charge is 2.29. The van der Waals surface area contributed by atoms with Crippen LogP contribution in [0.3, 0.4) is 0 Å². The van der Waals surface area contributed by atoms with Gasteiger partial charge in [-0.1, -0.05) is 54.6 Å². The van der Waals surface area contributed by atoms with E-state index >= 15 is 0 Å². The van der Waals surface area contributed by atoms with Crippen LogP contribution >= 0.6 is 0 Å². The second kappa shape index (κ2) is 7.74. The Bertz CT molecular complexity index is 1640. The fourth-order valence-electron chi connectivity index (χ4n) is 4.59. The third-order valence-corrected chi connectivity index (χ3v) is 6.21. The molecule has 1 N–H and O–H groups in total. The molecule has 0 amide bonds. The number of anilines is 2. The highest BCUT2D eigenvalue weighted by Crippen LogP contribution is 2.42. The number of ketones is 1. The van der Waals surface area contributed by atoms with Gasteiger partial charge in [-0.25, -0.2) is 0 Å². The molecular weight excluding hydrogens is 424 g/mol. The van der Waals surface area contributed by atoms with E-state index < -0.39 is 0 Å². The van der Waals surface area contributed by atoms with E-state index in [1.54, 1.807) is 11.6 Å². The molecule has 5 aromatic rings. The number of para-hydroxylation sites is 1. The highest BCUT2D eigenvalue weighted by molar-refractivity contribution is 6.27. The molecule has 1 aromatic heterocycles. The van der Waals surface area contributed by atoms with Crippen molar-refractivity contribution < 1.29 is 9.53 Å². The van der Waals surface area contributed by atoms with Gasteiger partial charge in [0.2, 0.25) is 0 Å². The van der Waals surface area contributed by atoms with E-state index in [4.69, 9.17) is 4.74 Å². The molecule has 0 fully saturated rings. The SMILES string of the molecule is Cn1c(=O)c(Nc2ccc(Oc3ccccc3)cc2)c2c3c(cccc31)C(=O)c1ccccc1-2. The molecule has 0 saturated carbocycles. The zero-order valence-electron chi connectivity index (χ0n) is 18.4. The standard InChI is InChI=1S/C29H20N2O3/c1-31-24-13-7-12-23-25(24)26(21-10-5-6-11-22(21)28(23)32)27(29(31)33)30-18-14-16-20(17-15-18)34-19-8-3-2-4-9-19/h2-17,30H,1H3. The first-order valence-electron chi connectivity index (χ1n) is 11.0. The van der Waals surface area contributed by atoms with Crippen molar-refractivity contribution in [3.8, 4) is 22.6 Å². The Labute approximate surface area is 195 Å². The van der Waals surface area contributed by atoms with Crippen LogP contribution in [0.1, 0.15) is 15.9 Å². The van der Waals surface area contributed by atoms with Gasteiger partial charge < -0.3 is 14.6 Å². The first kappa shape index (κ1) is 20.0. The van der Waals surface area contributed by atoms with Crippen molar-refractivity contribution in [3.63, 3.8) is 0 Å². The van der Waals surface area contributed by atoms with Crippen molar-refractivity contribution in [1.82, 2.24) is 4.57 Å². The van der Waals surface area contributed by atoms with Gasteiger partial charge in [-0.15, -0.1) is 0 Å². The van der Waals surface area contributed by atoms with E-state index in [0.29, 0.717) is 22.6 Å². The molecule has 34 heavy (non-hydrogen) atoms. The summed E-state index contributed by atoms with van der Waals surface area (Å²) >= 11 is 0. The van der Waals surface area contributed by atoms with Gasteiger partial charge in [0.15, 0.2) is 5.78 Å². The van der Waals surface area contributed by atoms with Crippen LogP contribution in [0.4, 0.5) is 11.4 Å². The summed E-state index contributed by atoms with van der Waals surface area (Å²) in [7, 11) is 1.73. The molecule has 0 radical (unpaired) electrons. The summed E-state index contributed by atoms with van der Waals surface area (Å²) in [6.45, 7) is 0. The number of carbonyl (C=O) groups excluding carboxylic acids is 1. The van der Waals surface area contributed by atoms with E-state index in [-0.39, 0.29) is 11.3 Å². The van der Waals surface area contributed by atoms with Gasteiger partial charge in [-0.2, -0.15) is 0 Å². The van der Waals surface area contributed by atoms with Gasteiger partial charge in [0.05, 0.1) is 5.52 Å². The second-order valence-corrected chi connectivity index (χ2v) is 8.25. The molecule has 0 unspecified atom stereocenters. The maximum absolute atomic E-state index is 13.5. The third-order valence-electron chi connectivity index (χ3n) is 6.21. The normalized spacial score (nSPS) is 11.9. The Balaban J connectivity index is 1.49. The van der Waals surface area contributed by atoms with E-state index in [0.717, 1.165) is 33.5 Å². The number of ether oxygens (including phenoxy) is 1. The summed E-state index contributed by atoms with van der Waals surface area (Å²) < 4.78 is 7.48. The quantitative estimate of drug-likeness (QED) is 0.347.